The summed E-state index contributed by atoms with van der Waals surface area (Å²) in [5.41, 5.74) is 6.47. The summed E-state index contributed by atoms with van der Waals surface area (Å²) in [6.45, 7) is 2.16. The van der Waals surface area contributed by atoms with Gasteiger partial charge in [0.05, 0.1) is 20.1 Å². The van der Waals surface area contributed by atoms with Gasteiger partial charge in [-0.25, -0.2) is 0 Å². The van der Waals surface area contributed by atoms with Crippen LogP contribution in [0.3, 0.4) is 0 Å². The number of nitrogens with two attached hydrogens (primary N) is 1. The standard InChI is InChI=1S/C18H27N3O4.ClH/c1-24-15-5-4-13(10-16(15)25-2)6-9-21-12-14(11-17(21)22)18(23)20-8-3-7-19;/h4-5,10,14H,3,6-9,11-12,19H2,1-2H3,(H,20,23);1H. The lowest BCUT2D eigenvalue weighted by Crippen LogP contribution is -2.34. The SMILES string of the molecule is COc1ccc(CCN2CC(C(=O)NCCCN)CC2=O)cc1OC.Cl. The molecule has 7 nitrogen and oxygen atoms in total. The molecule has 1 atom stereocenters. The normalized spacial score (nSPS) is 16.2. The molecule has 0 spiro atoms. The molecule has 0 saturated carbocycles. The van der Waals surface area contributed by atoms with E-state index >= 15 is 0 Å². The lowest BCUT2D eigenvalue weighted by Gasteiger charge is -2.17. The number of carbonyl (C=O) groups excluding carboxylic acids is 2. The third kappa shape index (κ3) is 5.78. The van der Waals surface area contributed by atoms with Gasteiger partial charge in [0.2, 0.25) is 11.8 Å². The highest BCUT2D eigenvalue weighted by Crippen LogP contribution is 2.28. The molecule has 1 aromatic carbocycles. The van der Waals surface area contributed by atoms with Gasteiger partial charge >= 0.3 is 0 Å². The van der Waals surface area contributed by atoms with E-state index in [4.69, 9.17) is 15.2 Å². The van der Waals surface area contributed by atoms with Crippen LogP contribution in [0.25, 0.3) is 0 Å². The number of likely N-dealkylation sites (tertiary alicyclic amines) is 1. The third-order valence-corrected chi connectivity index (χ3v) is 4.38. The molecular formula is C18H28ClN3O4. The number of hydrogen-bond acceptors (Lipinski definition) is 5. The van der Waals surface area contributed by atoms with Crippen LogP contribution in [0.15, 0.2) is 18.2 Å². The van der Waals surface area contributed by atoms with Crippen LogP contribution in [0, 0.1) is 5.92 Å². The number of nitrogens with one attached hydrogen (secondary N) is 1. The second-order valence-corrected chi connectivity index (χ2v) is 6.11. The molecular weight excluding hydrogens is 358 g/mol. The lowest BCUT2D eigenvalue weighted by molar-refractivity contribution is -0.129. The summed E-state index contributed by atoms with van der Waals surface area (Å²) >= 11 is 0. The van der Waals surface area contributed by atoms with E-state index in [0.717, 1.165) is 12.0 Å². The molecule has 0 bridgehead atoms. The summed E-state index contributed by atoms with van der Waals surface area (Å²) in [7, 11) is 3.19. The molecule has 1 fully saturated rings. The first kappa shape index (κ1) is 22.1. The number of nitrogens with zero attached hydrogens (tertiary/aromatic N) is 1. The van der Waals surface area contributed by atoms with Crippen LogP contribution in [0.2, 0.25) is 0 Å². The van der Waals surface area contributed by atoms with Crippen molar-refractivity contribution in [1.29, 1.82) is 0 Å². The summed E-state index contributed by atoms with van der Waals surface area (Å²) in [4.78, 5) is 26.0. The van der Waals surface area contributed by atoms with Crippen molar-refractivity contribution in [3.63, 3.8) is 0 Å². The van der Waals surface area contributed by atoms with Crippen LogP contribution in [0.1, 0.15) is 18.4 Å². The van der Waals surface area contributed by atoms with E-state index in [-0.39, 0.29) is 36.6 Å². The Labute approximate surface area is 160 Å². The Morgan fingerprint density at radius 3 is 2.69 bits per heavy atom. The molecule has 2 rings (SSSR count). The molecule has 0 radical (unpaired) electrons. The van der Waals surface area contributed by atoms with Gasteiger partial charge in [-0.15, -0.1) is 12.4 Å². The van der Waals surface area contributed by atoms with Crippen molar-refractivity contribution in [3.8, 4) is 11.5 Å². The number of hydrogen-bond donors (Lipinski definition) is 2. The van der Waals surface area contributed by atoms with Crippen molar-refractivity contribution in [2.45, 2.75) is 19.3 Å². The van der Waals surface area contributed by atoms with E-state index in [1.165, 1.54) is 0 Å². The van der Waals surface area contributed by atoms with Crippen molar-refractivity contribution >= 4 is 24.2 Å². The molecule has 0 aromatic heterocycles. The Kier molecular flexibility index (Phi) is 9.23. The summed E-state index contributed by atoms with van der Waals surface area (Å²) in [5.74, 6) is 1.05. The van der Waals surface area contributed by atoms with Crippen molar-refractivity contribution in [3.05, 3.63) is 23.8 Å². The number of rotatable bonds is 9. The zero-order chi connectivity index (χ0) is 18.2. The Morgan fingerprint density at radius 2 is 2.04 bits per heavy atom. The number of methoxy groups -OCH3 is 2. The number of ether oxygens (including phenoxy) is 2. The molecule has 1 aromatic rings. The van der Waals surface area contributed by atoms with E-state index in [2.05, 4.69) is 5.32 Å². The fraction of sp³-hybridized carbons (Fsp3) is 0.556. The highest BCUT2D eigenvalue weighted by molar-refractivity contribution is 5.89. The minimum atomic E-state index is -0.268. The Balaban J connectivity index is 0.00000338. The van der Waals surface area contributed by atoms with Gasteiger partial charge in [0.25, 0.3) is 0 Å². The zero-order valence-electron chi connectivity index (χ0n) is 15.3. The van der Waals surface area contributed by atoms with E-state index < -0.39 is 0 Å². The molecule has 1 heterocycles. The molecule has 3 N–H and O–H groups in total. The second kappa shape index (κ2) is 10.9. The largest absolute Gasteiger partial charge is 0.493 e. The van der Waals surface area contributed by atoms with Crippen molar-refractivity contribution < 1.29 is 19.1 Å². The van der Waals surface area contributed by atoms with E-state index in [0.29, 0.717) is 44.1 Å². The maximum Gasteiger partial charge on any atom is 0.225 e. The first-order valence-corrected chi connectivity index (χ1v) is 8.55. The molecule has 1 saturated heterocycles. The van der Waals surface area contributed by atoms with Crippen LogP contribution in [-0.4, -0.2) is 57.1 Å². The molecule has 1 unspecified atom stereocenters. The summed E-state index contributed by atoms with van der Waals surface area (Å²) in [5, 5.41) is 2.84. The van der Waals surface area contributed by atoms with Crippen molar-refractivity contribution in [2.24, 2.45) is 11.7 Å². The Bertz CT molecular complexity index is 612. The van der Waals surface area contributed by atoms with Gasteiger partial charge in [0.15, 0.2) is 11.5 Å². The molecule has 8 heteroatoms. The molecule has 1 aliphatic rings. The lowest BCUT2D eigenvalue weighted by atomic mass is 10.1. The highest BCUT2D eigenvalue weighted by atomic mass is 35.5. The van der Waals surface area contributed by atoms with Crippen LogP contribution >= 0.6 is 12.4 Å². The summed E-state index contributed by atoms with van der Waals surface area (Å²) < 4.78 is 10.5. The second-order valence-electron chi connectivity index (χ2n) is 6.11. The van der Waals surface area contributed by atoms with Gasteiger partial charge in [-0.3, -0.25) is 9.59 Å². The maximum atomic E-state index is 12.1. The predicted molar refractivity (Wildman–Crippen MR) is 102 cm³/mol. The van der Waals surface area contributed by atoms with Gasteiger partial charge < -0.3 is 25.4 Å². The van der Waals surface area contributed by atoms with Gasteiger partial charge in [0.1, 0.15) is 0 Å². The zero-order valence-corrected chi connectivity index (χ0v) is 16.1. The van der Waals surface area contributed by atoms with Gasteiger partial charge in [-0.05, 0) is 37.1 Å². The fourth-order valence-corrected chi connectivity index (χ4v) is 2.92. The number of carbonyl (C=O) groups is 2. The van der Waals surface area contributed by atoms with E-state index in [1.54, 1.807) is 19.1 Å². The quantitative estimate of drug-likeness (QED) is 0.618. The average molecular weight is 386 g/mol. The van der Waals surface area contributed by atoms with Crippen LogP contribution in [0.4, 0.5) is 0 Å². The number of benzene rings is 1. The fourth-order valence-electron chi connectivity index (χ4n) is 2.92. The Morgan fingerprint density at radius 1 is 1.31 bits per heavy atom. The van der Waals surface area contributed by atoms with Gasteiger partial charge in [0, 0.05) is 26.1 Å². The van der Waals surface area contributed by atoms with Crippen molar-refractivity contribution in [2.75, 3.05) is 40.4 Å². The Hall–Kier alpha value is -1.99. The smallest absolute Gasteiger partial charge is 0.225 e. The van der Waals surface area contributed by atoms with E-state index in [1.807, 2.05) is 18.2 Å². The molecule has 2 amide bonds. The summed E-state index contributed by atoms with van der Waals surface area (Å²) in [6.07, 6.45) is 1.73. The topological polar surface area (TPSA) is 93.9 Å². The average Bonchev–Trinajstić information content (AvgIpc) is 3.00. The molecule has 26 heavy (non-hydrogen) atoms. The van der Waals surface area contributed by atoms with Crippen molar-refractivity contribution in [1.82, 2.24) is 10.2 Å². The first-order valence-electron chi connectivity index (χ1n) is 8.55. The minimum absolute atomic E-state index is 0. The van der Waals surface area contributed by atoms with Crippen LogP contribution in [0.5, 0.6) is 11.5 Å². The molecule has 1 aliphatic heterocycles. The van der Waals surface area contributed by atoms with Gasteiger partial charge in [-0.2, -0.15) is 0 Å². The first-order chi connectivity index (χ1) is 12.1. The number of amides is 2. The minimum Gasteiger partial charge on any atom is -0.493 e. The monoisotopic (exact) mass is 385 g/mol. The van der Waals surface area contributed by atoms with Crippen LogP contribution in [-0.2, 0) is 16.0 Å². The molecule has 146 valence electrons. The van der Waals surface area contributed by atoms with Gasteiger partial charge in [-0.1, -0.05) is 6.07 Å². The number of halogens is 1. The predicted octanol–water partition coefficient (Wildman–Crippen LogP) is 0.982. The molecule has 0 aliphatic carbocycles. The van der Waals surface area contributed by atoms with Crippen LogP contribution < -0.4 is 20.5 Å². The van der Waals surface area contributed by atoms with E-state index in [9.17, 15) is 9.59 Å². The summed E-state index contributed by atoms with van der Waals surface area (Å²) in [6, 6.07) is 5.73. The third-order valence-electron chi connectivity index (χ3n) is 4.38. The highest BCUT2D eigenvalue weighted by Gasteiger charge is 2.33. The maximum absolute atomic E-state index is 12.1.